The summed E-state index contributed by atoms with van der Waals surface area (Å²) in [5.41, 5.74) is 7.84. The SMILES string of the molecule is Cc1ccc(N)c(C(=O)N2CCOC(CO)C2)c1. The standard InChI is InChI=1S/C13H18N2O3/c1-9-2-3-12(14)11(6-9)13(17)15-4-5-18-10(7-15)8-16/h2-3,6,10,16H,4-5,7-8,14H2,1H3. The predicted octanol–water partition coefficient (Wildman–Crippen LogP) is 0.411. The smallest absolute Gasteiger partial charge is 0.256 e. The molecule has 2 rings (SSSR count). The summed E-state index contributed by atoms with van der Waals surface area (Å²) in [6.45, 7) is 3.23. The minimum Gasteiger partial charge on any atom is -0.398 e. The van der Waals surface area contributed by atoms with Gasteiger partial charge in [0.05, 0.1) is 24.9 Å². The number of nitrogen functional groups attached to an aromatic ring is 1. The van der Waals surface area contributed by atoms with E-state index in [0.717, 1.165) is 5.56 Å². The molecule has 1 amide bonds. The predicted molar refractivity (Wildman–Crippen MR) is 68.3 cm³/mol. The number of morpholine rings is 1. The fourth-order valence-corrected chi connectivity index (χ4v) is 2.04. The normalized spacial score (nSPS) is 19.9. The Morgan fingerprint density at radius 3 is 3.11 bits per heavy atom. The molecule has 98 valence electrons. The number of rotatable bonds is 2. The van der Waals surface area contributed by atoms with Gasteiger partial charge in [0.1, 0.15) is 0 Å². The summed E-state index contributed by atoms with van der Waals surface area (Å²) in [6, 6.07) is 5.41. The fourth-order valence-electron chi connectivity index (χ4n) is 2.04. The minimum absolute atomic E-state index is 0.0763. The Bertz CT molecular complexity index is 448. The average molecular weight is 250 g/mol. The summed E-state index contributed by atoms with van der Waals surface area (Å²) in [4.78, 5) is 14.0. The zero-order valence-corrected chi connectivity index (χ0v) is 10.4. The lowest BCUT2D eigenvalue weighted by molar-refractivity contribution is -0.0447. The molecule has 1 atom stereocenters. The van der Waals surface area contributed by atoms with Crippen LogP contribution in [0.15, 0.2) is 18.2 Å². The van der Waals surface area contributed by atoms with Gasteiger partial charge >= 0.3 is 0 Å². The van der Waals surface area contributed by atoms with E-state index in [2.05, 4.69) is 0 Å². The molecule has 1 heterocycles. The van der Waals surface area contributed by atoms with Crippen LogP contribution in [0.1, 0.15) is 15.9 Å². The van der Waals surface area contributed by atoms with Crippen LogP contribution in [-0.4, -0.2) is 48.3 Å². The quantitative estimate of drug-likeness (QED) is 0.745. The van der Waals surface area contributed by atoms with Gasteiger partial charge in [0, 0.05) is 18.8 Å². The van der Waals surface area contributed by atoms with Gasteiger partial charge in [-0.15, -0.1) is 0 Å². The molecule has 1 aromatic carbocycles. The van der Waals surface area contributed by atoms with Crippen molar-refractivity contribution in [2.24, 2.45) is 0 Å². The van der Waals surface area contributed by atoms with Gasteiger partial charge in [0.2, 0.25) is 0 Å². The molecule has 0 saturated carbocycles. The number of nitrogens with two attached hydrogens (primary N) is 1. The highest BCUT2D eigenvalue weighted by atomic mass is 16.5. The molecular formula is C13H18N2O3. The van der Waals surface area contributed by atoms with Crippen LogP contribution < -0.4 is 5.73 Å². The number of aryl methyl sites for hydroxylation is 1. The molecule has 3 N–H and O–H groups in total. The molecule has 1 unspecified atom stereocenters. The summed E-state index contributed by atoms with van der Waals surface area (Å²) in [6.07, 6.45) is -0.297. The minimum atomic E-state index is -0.297. The van der Waals surface area contributed by atoms with Crippen LogP contribution >= 0.6 is 0 Å². The van der Waals surface area contributed by atoms with Crippen molar-refractivity contribution in [3.8, 4) is 0 Å². The molecule has 1 fully saturated rings. The van der Waals surface area contributed by atoms with Crippen molar-refractivity contribution in [1.82, 2.24) is 4.90 Å². The second-order valence-electron chi connectivity index (χ2n) is 4.52. The number of anilines is 1. The molecule has 1 aliphatic heterocycles. The van der Waals surface area contributed by atoms with E-state index in [9.17, 15) is 4.79 Å². The van der Waals surface area contributed by atoms with Gasteiger partial charge in [0.15, 0.2) is 0 Å². The first kappa shape index (κ1) is 12.9. The topological polar surface area (TPSA) is 75.8 Å². The summed E-state index contributed by atoms with van der Waals surface area (Å²) in [5, 5.41) is 9.07. The number of hydrogen-bond acceptors (Lipinski definition) is 4. The maximum atomic E-state index is 12.3. The summed E-state index contributed by atoms with van der Waals surface area (Å²) in [7, 11) is 0. The Balaban J connectivity index is 2.17. The van der Waals surface area contributed by atoms with E-state index in [-0.39, 0.29) is 18.6 Å². The van der Waals surface area contributed by atoms with Gasteiger partial charge in [-0.05, 0) is 19.1 Å². The molecule has 1 aliphatic rings. The summed E-state index contributed by atoms with van der Waals surface area (Å²) < 4.78 is 5.32. The Kier molecular flexibility index (Phi) is 3.84. The van der Waals surface area contributed by atoms with Crippen molar-refractivity contribution in [2.75, 3.05) is 32.0 Å². The van der Waals surface area contributed by atoms with Gasteiger partial charge in [-0.1, -0.05) is 11.6 Å². The van der Waals surface area contributed by atoms with E-state index in [1.807, 2.05) is 13.0 Å². The molecule has 0 aromatic heterocycles. The van der Waals surface area contributed by atoms with Crippen molar-refractivity contribution < 1.29 is 14.6 Å². The number of aliphatic hydroxyl groups is 1. The lowest BCUT2D eigenvalue weighted by Gasteiger charge is -2.32. The first-order valence-electron chi connectivity index (χ1n) is 5.99. The van der Waals surface area contributed by atoms with Crippen molar-refractivity contribution in [3.05, 3.63) is 29.3 Å². The van der Waals surface area contributed by atoms with E-state index in [1.165, 1.54) is 0 Å². The Morgan fingerprint density at radius 1 is 1.61 bits per heavy atom. The van der Waals surface area contributed by atoms with Crippen LogP contribution in [0.5, 0.6) is 0 Å². The molecule has 0 radical (unpaired) electrons. The lowest BCUT2D eigenvalue weighted by atomic mass is 10.1. The Labute approximate surface area is 106 Å². The van der Waals surface area contributed by atoms with E-state index in [0.29, 0.717) is 30.9 Å². The van der Waals surface area contributed by atoms with Gasteiger partial charge in [-0.3, -0.25) is 4.79 Å². The maximum Gasteiger partial charge on any atom is 0.256 e. The molecule has 0 bridgehead atoms. The molecule has 1 aromatic rings. The number of nitrogens with zero attached hydrogens (tertiary/aromatic N) is 1. The highest BCUT2D eigenvalue weighted by Crippen LogP contribution is 2.17. The lowest BCUT2D eigenvalue weighted by Crippen LogP contribution is -2.47. The van der Waals surface area contributed by atoms with Crippen LogP contribution in [0, 0.1) is 6.92 Å². The zero-order valence-electron chi connectivity index (χ0n) is 10.4. The van der Waals surface area contributed by atoms with Crippen LogP contribution in [0.4, 0.5) is 5.69 Å². The van der Waals surface area contributed by atoms with Gasteiger partial charge in [-0.2, -0.15) is 0 Å². The van der Waals surface area contributed by atoms with E-state index in [1.54, 1.807) is 17.0 Å². The number of hydrogen-bond donors (Lipinski definition) is 2. The average Bonchev–Trinajstić information content (AvgIpc) is 2.41. The number of carbonyl (C=O) groups is 1. The van der Waals surface area contributed by atoms with Crippen LogP contribution in [0.3, 0.4) is 0 Å². The second kappa shape index (κ2) is 5.37. The third-order valence-electron chi connectivity index (χ3n) is 3.07. The van der Waals surface area contributed by atoms with Gasteiger partial charge < -0.3 is 20.5 Å². The van der Waals surface area contributed by atoms with Crippen LogP contribution in [0.2, 0.25) is 0 Å². The van der Waals surface area contributed by atoms with Crippen molar-refractivity contribution in [2.45, 2.75) is 13.0 Å². The Hall–Kier alpha value is -1.59. The molecule has 5 heteroatoms. The van der Waals surface area contributed by atoms with Crippen LogP contribution in [-0.2, 0) is 4.74 Å². The van der Waals surface area contributed by atoms with Crippen molar-refractivity contribution in [3.63, 3.8) is 0 Å². The van der Waals surface area contributed by atoms with Crippen molar-refractivity contribution in [1.29, 1.82) is 0 Å². The zero-order chi connectivity index (χ0) is 13.1. The molecule has 5 nitrogen and oxygen atoms in total. The van der Waals surface area contributed by atoms with Gasteiger partial charge in [-0.25, -0.2) is 0 Å². The second-order valence-corrected chi connectivity index (χ2v) is 4.52. The first-order chi connectivity index (χ1) is 8.61. The monoisotopic (exact) mass is 250 g/mol. The largest absolute Gasteiger partial charge is 0.398 e. The number of carbonyl (C=O) groups excluding carboxylic acids is 1. The molecule has 0 aliphatic carbocycles. The number of amides is 1. The van der Waals surface area contributed by atoms with Crippen LogP contribution in [0.25, 0.3) is 0 Å². The summed E-state index contributed by atoms with van der Waals surface area (Å²) >= 11 is 0. The highest BCUT2D eigenvalue weighted by Gasteiger charge is 2.25. The number of benzene rings is 1. The molecule has 18 heavy (non-hydrogen) atoms. The third-order valence-corrected chi connectivity index (χ3v) is 3.07. The van der Waals surface area contributed by atoms with E-state index >= 15 is 0 Å². The summed E-state index contributed by atoms with van der Waals surface area (Å²) in [5.74, 6) is -0.0991. The third kappa shape index (κ3) is 2.63. The van der Waals surface area contributed by atoms with Gasteiger partial charge in [0.25, 0.3) is 5.91 Å². The fraction of sp³-hybridized carbons (Fsp3) is 0.462. The molecule has 0 spiro atoms. The highest BCUT2D eigenvalue weighted by molar-refractivity contribution is 5.99. The van der Waals surface area contributed by atoms with Crippen molar-refractivity contribution >= 4 is 11.6 Å². The Morgan fingerprint density at radius 2 is 2.39 bits per heavy atom. The first-order valence-corrected chi connectivity index (χ1v) is 5.99. The number of ether oxygens (including phenoxy) is 1. The maximum absolute atomic E-state index is 12.3. The number of aliphatic hydroxyl groups excluding tert-OH is 1. The van der Waals surface area contributed by atoms with E-state index < -0.39 is 0 Å². The molecule has 1 saturated heterocycles. The molecular weight excluding hydrogens is 232 g/mol. The van der Waals surface area contributed by atoms with E-state index in [4.69, 9.17) is 15.6 Å².